The van der Waals surface area contributed by atoms with Gasteiger partial charge in [-0.05, 0) is 0 Å². The van der Waals surface area contributed by atoms with Crippen molar-refractivity contribution in [2.45, 2.75) is 49.1 Å². The van der Waals surface area contributed by atoms with Crippen LogP contribution in [0.4, 0.5) is 16.0 Å². The lowest BCUT2D eigenvalue weighted by Crippen LogP contribution is -2.35. The smallest absolute Gasteiger partial charge is 0.387 e. The molecule has 5 N–H and O–H groups in total. The zero-order valence-corrected chi connectivity index (χ0v) is 26.7. The summed E-state index contributed by atoms with van der Waals surface area (Å²) in [4.78, 5) is 24.4. The van der Waals surface area contributed by atoms with Crippen LogP contribution in [0.1, 0.15) is 12.5 Å². The van der Waals surface area contributed by atoms with Crippen LogP contribution in [-0.4, -0.2) is 94.0 Å². The molecule has 2 bridgehead atoms. The number of aliphatic hydroxyl groups is 1. The van der Waals surface area contributed by atoms with Gasteiger partial charge in [0.25, 0.3) is 0 Å². The molecule has 24 heteroatoms. The molecule has 7 rings (SSSR count). The highest BCUT2D eigenvalue weighted by molar-refractivity contribution is 14.2. The Labute approximate surface area is 263 Å². The summed E-state index contributed by atoms with van der Waals surface area (Å²) < 4.78 is 79.9. The van der Waals surface area contributed by atoms with Crippen LogP contribution in [0.2, 0.25) is 0 Å². The number of hydrogen-bond acceptors (Lipinski definition) is 17. The number of anilines is 2. The van der Waals surface area contributed by atoms with Crippen LogP contribution in [0, 0.1) is 0 Å². The predicted molar refractivity (Wildman–Crippen MR) is 158 cm³/mol. The Balaban J connectivity index is 1.20. The van der Waals surface area contributed by atoms with Gasteiger partial charge >= 0.3 is 12.0 Å². The maximum atomic E-state index is 16.0. The molecular formula is C20H22FIN10O9P2S. The van der Waals surface area contributed by atoms with Crippen molar-refractivity contribution < 1.29 is 46.2 Å². The number of alkyl halides is 1. The monoisotopic (exact) mass is 786 g/mol. The second-order valence-electron chi connectivity index (χ2n) is 9.86. The van der Waals surface area contributed by atoms with E-state index >= 15 is 4.39 Å². The number of ether oxygens (including phenoxy) is 2. The van der Waals surface area contributed by atoms with Crippen molar-refractivity contribution in [2.75, 3.05) is 24.7 Å². The summed E-state index contributed by atoms with van der Waals surface area (Å²) >= 11 is 5.47. The second kappa shape index (κ2) is 11.3. The maximum absolute atomic E-state index is 16.0. The molecule has 0 aliphatic carbocycles. The molecular weight excluding hydrogens is 764 g/mol. The minimum Gasteiger partial charge on any atom is -0.387 e. The Bertz CT molecular complexity index is 1840. The first-order chi connectivity index (χ1) is 20.9. The van der Waals surface area contributed by atoms with Gasteiger partial charge in [-0.25, -0.2) is 43.4 Å². The lowest BCUT2D eigenvalue weighted by Gasteiger charge is -2.26. The van der Waals surface area contributed by atoms with Gasteiger partial charge < -0.3 is 26.0 Å². The summed E-state index contributed by atoms with van der Waals surface area (Å²) in [5.41, 5.74) is 12.6. The van der Waals surface area contributed by atoms with E-state index in [0.29, 0.717) is 0 Å². The van der Waals surface area contributed by atoms with Crippen molar-refractivity contribution in [1.82, 2.24) is 39.0 Å². The number of rotatable bonds is 2. The Morgan fingerprint density at radius 1 is 0.864 bits per heavy atom. The van der Waals surface area contributed by atoms with Crippen LogP contribution < -0.4 is 11.5 Å². The minimum absolute atomic E-state index is 0.0671. The summed E-state index contributed by atoms with van der Waals surface area (Å²) in [5, 5.41) is 7.07. The minimum atomic E-state index is -4.35. The van der Waals surface area contributed by atoms with Crippen LogP contribution in [0.5, 0.6) is 0 Å². The standard InChI is InChI=1S/C20H22FIN10O9P2S/c21-9-13-8(39-19(9)31-5-29-10-15(23)25-3-27-17(10)31)2-36-42(22,34)40-14-12(33)7(1-37-43(35,44)41-13)38-20(14)32-6-30-11-16(24)26-4-28-18(11)32/h3-9,12-14,19-20,33H,1-2H2,(H,35,44)(H2,23,25,27)(H2,24,26,28)/t7-,8-,9+,12?,13?,14+,19-,20-,42?,43?/m1/s1. The van der Waals surface area contributed by atoms with Crippen molar-refractivity contribution in [3.63, 3.8) is 0 Å². The zero-order valence-electron chi connectivity index (χ0n) is 21.9. The third kappa shape index (κ3) is 5.38. The van der Waals surface area contributed by atoms with Crippen LogP contribution in [0.3, 0.4) is 0 Å². The third-order valence-electron chi connectivity index (χ3n) is 7.20. The molecule has 0 amide bonds. The first-order valence-electron chi connectivity index (χ1n) is 12.7. The molecule has 3 saturated heterocycles. The Kier molecular flexibility index (Phi) is 7.84. The Morgan fingerprint density at radius 2 is 1.43 bits per heavy atom. The van der Waals surface area contributed by atoms with E-state index in [9.17, 15) is 14.2 Å². The molecule has 19 nitrogen and oxygen atoms in total. The maximum Gasteiger partial charge on any atom is 0.389 e. The summed E-state index contributed by atoms with van der Waals surface area (Å²) in [6, 6.07) is 0. The Morgan fingerprint density at radius 3 is 2.07 bits per heavy atom. The Hall–Kier alpha value is -2.11. The van der Waals surface area contributed by atoms with E-state index in [0.717, 1.165) is 0 Å². The van der Waals surface area contributed by atoms with Gasteiger partial charge in [-0.1, -0.05) is 12.2 Å². The van der Waals surface area contributed by atoms with Gasteiger partial charge in [-0.15, -0.1) is 0 Å². The fourth-order valence-electron chi connectivity index (χ4n) is 5.17. The molecule has 0 spiro atoms. The van der Waals surface area contributed by atoms with Crippen molar-refractivity contribution in [3.05, 3.63) is 25.3 Å². The molecule has 0 saturated carbocycles. The average molecular weight is 786 g/mol. The highest BCUT2D eigenvalue weighted by atomic mass is 127. The number of imidazole rings is 2. The highest BCUT2D eigenvalue weighted by Crippen LogP contribution is 2.62. The number of aliphatic hydroxyl groups excluding tert-OH is 1. The first-order valence-corrected chi connectivity index (χ1v) is 19.7. The largest absolute Gasteiger partial charge is 0.389 e. The molecule has 0 radical (unpaired) electrons. The van der Waals surface area contributed by atoms with E-state index in [4.69, 9.17) is 39.0 Å². The first kappa shape index (κ1) is 30.5. The van der Waals surface area contributed by atoms with Gasteiger partial charge in [0.05, 0.1) is 47.9 Å². The van der Waals surface area contributed by atoms with Gasteiger partial charge in [-0.3, -0.25) is 27.2 Å². The number of nitrogens with two attached hydrogens (primary N) is 2. The second-order valence-corrected chi connectivity index (χ2v) is 17.6. The fourth-order valence-corrected chi connectivity index (χ4v) is 8.83. The van der Waals surface area contributed by atoms with Crippen LogP contribution >= 0.6 is 46.3 Å². The van der Waals surface area contributed by atoms with E-state index in [2.05, 4.69) is 42.2 Å². The molecule has 4 aromatic rings. The van der Waals surface area contributed by atoms with Gasteiger partial charge in [-0.2, -0.15) is 0 Å². The molecule has 4 unspecified atom stereocenters. The lowest BCUT2D eigenvalue weighted by atomic mass is 10.1. The molecule has 7 heterocycles. The normalized spacial score (nSPS) is 38.3. The molecule has 236 valence electrons. The van der Waals surface area contributed by atoms with Crippen molar-refractivity contribution in [2.24, 2.45) is 0 Å². The number of aromatic nitrogens is 8. The van der Waals surface area contributed by atoms with Gasteiger partial charge in [0, 0.05) is 0 Å². The number of nitrogen functional groups attached to an aromatic ring is 2. The third-order valence-corrected chi connectivity index (χ3v) is 11.3. The van der Waals surface area contributed by atoms with E-state index in [1.54, 1.807) is 0 Å². The number of thiol groups is 1. The number of fused-ring (bicyclic) bond motifs is 5. The molecule has 3 fully saturated rings. The van der Waals surface area contributed by atoms with E-state index in [1.807, 2.05) is 0 Å². The number of hydrogen-bond donors (Lipinski definition) is 4. The molecule has 3 aliphatic rings. The SMILES string of the molecule is Nc1ncnc2c1ncn2[C@@H]1O[C@@H]2COP(=O)(I)O[C@H]3C(O)[C@@H](COP(=O)(S)OC2[C@@H]1F)O[C@H]3n1cnc2c(N)ncnc21. The molecule has 44 heavy (non-hydrogen) atoms. The van der Waals surface area contributed by atoms with Crippen LogP contribution in [-0.2, 0) is 36.7 Å². The van der Waals surface area contributed by atoms with Crippen molar-refractivity contribution >= 4 is 80.3 Å². The van der Waals surface area contributed by atoms with Crippen LogP contribution in [0.15, 0.2) is 25.3 Å². The summed E-state index contributed by atoms with van der Waals surface area (Å²) in [6.07, 6.45) is -6.53. The van der Waals surface area contributed by atoms with Gasteiger partial charge in [0.15, 0.2) is 41.6 Å². The lowest BCUT2D eigenvalue weighted by molar-refractivity contribution is -0.0566. The van der Waals surface area contributed by atoms with Crippen molar-refractivity contribution in [3.8, 4) is 0 Å². The van der Waals surface area contributed by atoms with Crippen molar-refractivity contribution in [1.29, 1.82) is 0 Å². The molecule has 4 aromatic heterocycles. The quantitative estimate of drug-likeness (QED) is 0.128. The molecule has 10 atom stereocenters. The average Bonchev–Trinajstić information content (AvgIpc) is 3.73. The van der Waals surface area contributed by atoms with E-state index in [-0.39, 0.29) is 34.0 Å². The molecule has 3 aliphatic heterocycles. The fraction of sp³-hybridized carbons (Fsp3) is 0.500. The number of nitrogens with zero attached hydrogens (tertiary/aromatic N) is 8. The zero-order chi connectivity index (χ0) is 31.0. The molecule has 0 aromatic carbocycles. The highest BCUT2D eigenvalue weighted by Gasteiger charge is 2.54. The summed E-state index contributed by atoms with van der Waals surface area (Å²) in [6.45, 7) is -5.45. The summed E-state index contributed by atoms with van der Waals surface area (Å²) in [5.74, 6) is 0.163. The van der Waals surface area contributed by atoms with E-state index in [1.165, 1.54) is 56.5 Å². The topological polar surface area (TPSA) is 249 Å². The summed E-state index contributed by atoms with van der Waals surface area (Å²) in [7, 11) is 0. The predicted octanol–water partition coefficient (Wildman–Crippen LogP) is 1.72. The van der Waals surface area contributed by atoms with Gasteiger partial charge in [0.2, 0.25) is 0 Å². The number of halogens is 2. The van der Waals surface area contributed by atoms with E-state index < -0.39 is 74.4 Å². The van der Waals surface area contributed by atoms with Crippen LogP contribution in [0.25, 0.3) is 22.3 Å². The van der Waals surface area contributed by atoms with Gasteiger partial charge in [0.1, 0.15) is 54.2 Å².